The van der Waals surface area contributed by atoms with Crippen molar-refractivity contribution in [3.8, 4) is 5.75 Å². The van der Waals surface area contributed by atoms with Gasteiger partial charge in [0.05, 0.1) is 17.6 Å². The molecule has 1 saturated carbocycles. The fourth-order valence-electron chi connectivity index (χ4n) is 3.98. The summed E-state index contributed by atoms with van der Waals surface area (Å²) in [6.07, 6.45) is -2.05. The molecule has 2 aromatic carbocycles. The van der Waals surface area contributed by atoms with E-state index in [9.17, 15) is 27.6 Å². The van der Waals surface area contributed by atoms with Gasteiger partial charge >= 0.3 is 12.1 Å². The molecule has 0 spiro atoms. The minimum absolute atomic E-state index is 0.0428. The Morgan fingerprint density at radius 2 is 1.46 bits per heavy atom. The number of carboxylic acid groups (broad SMARTS) is 1. The zero-order valence-electron chi connectivity index (χ0n) is 19.2. The summed E-state index contributed by atoms with van der Waals surface area (Å²) >= 11 is 0. The van der Waals surface area contributed by atoms with Gasteiger partial charge in [-0.2, -0.15) is 13.2 Å². The van der Waals surface area contributed by atoms with Gasteiger partial charge in [-0.25, -0.2) is 0 Å². The quantitative estimate of drug-likeness (QED) is 0.479. The molecule has 0 bridgehead atoms. The highest BCUT2D eigenvalue weighted by atomic mass is 19.4. The summed E-state index contributed by atoms with van der Waals surface area (Å²) < 4.78 is 44.4. The van der Waals surface area contributed by atoms with E-state index in [2.05, 4.69) is 10.6 Å². The molecule has 3 N–H and O–H groups in total. The molecule has 35 heavy (non-hydrogen) atoms. The number of carbonyl (C=O) groups excluding carboxylic acids is 2. The summed E-state index contributed by atoms with van der Waals surface area (Å²) in [5.41, 5.74) is -0.326. The Balaban J connectivity index is 1.41. The maximum absolute atomic E-state index is 12.8. The molecular weight excluding hydrogens is 465 g/mol. The molecule has 0 radical (unpaired) electrons. The lowest BCUT2D eigenvalue weighted by Crippen LogP contribution is -2.34. The molecule has 0 heterocycles. The number of amides is 2. The lowest BCUT2D eigenvalue weighted by atomic mass is 9.87. The zero-order chi connectivity index (χ0) is 25.6. The van der Waals surface area contributed by atoms with Crippen molar-refractivity contribution in [3.63, 3.8) is 0 Å². The summed E-state index contributed by atoms with van der Waals surface area (Å²) in [4.78, 5) is 35.5. The molecule has 3 rings (SSSR count). The average molecular weight is 492 g/mol. The molecule has 2 amide bonds. The lowest BCUT2D eigenvalue weighted by Gasteiger charge is -2.26. The molecule has 2 aromatic rings. The third-order valence-corrected chi connectivity index (χ3v) is 5.93. The number of alkyl halides is 3. The molecule has 1 aliphatic carbocycles. The number of aryl methyl sites for hydroxylation is 1. The van der Waals surface area contributed by atoms with Crippen molar-refractivity contribution in [1.82, 2.24) is 10.6 Å². The maximum atomic E-state index is 12.8. The number of hydrogen-bond acceptors (Lipinski definition) is 4. The van der Waals surface area contributed by atoms with Crippen LogP contribution in [-0.2, 0) is 11.0 Å². The molecule has 10 heteroatoms. The highest BCUT2D eigenvalue weighted by Crippen LogP contribution is 2.32. The van der Waals surface area contributed by atoms with E-state index in [-0.39, 0.29) is 42.1 Å². The van der Waals surface area contributed by atoms with Crippen LogP contribution in [0, 0.1) is 12.8 Å². The summed E-state index contributed by atoms with van der Waals surface area (Å²) in [6, 6.07) is 9.73. The Kier molecular flexibility index (Phi) is 8.37. The second-order valence-electron chi connectivity index (χ2n) is 8.49. The van der Waals surface area contributed by atoms with Crippen LogP contribution in [0.5, 0.6) is 5.75 Å². The third kappa shape index (κ3) is 7.21. The Bertz CT molecular complexity index is 1060. The normalized spacial score (nSPS) is 17.9. The fraction of sp³-hybridized carbons (Fsp3) is 0.400. The number of hydrogen-bond donors (Lipinski definition) is 3. The summed E-state index contributed by atoms with van der Waals surface area (Å²) in [7, 11) is 0. The average Bonchev–Trinajstić information content (AvgIpc) is 2.81. The van der Waals surface area contributed by atoms with Crippen molar-refractivity contribution in [1.29, 1.82) is 0 Å². The van der Waals surface area contributed by atoms with E-state index in [0.717, 1.165) is 12.1 Å². The molecule has 0 aromatic heterocycles. The van der Waals surface area contributed by atoms with E-state index in [0.29, 0.717) is 37.0 Å². The highest BCUT2D eigenvalue weighted by Gasteiger charge is 2.32. The van der Waals surface area contributed by atoms with E-state index < -0.39 is 23.6 Å². The van der Waals surface area contributed by atoms with Gasteiger partial charge < -0.3 is 20.5 Å². The number of aliphatic carboxylic acids is 1. The molecule has 7 nitrogen and oxygen atoms in total. The number of benzene rings is 2. The van der Waals surface area contributed by atoms with Gasteiger partial charge in [0.2, 0.25) is 0 Å². The molecule has 1 fully saturated rings. The Morgan fingerprint density at radius 1 is 0.914 bits per heavy atom. The monoisotopic (exact) mass is 492 g/mol. The Morgan fingerprint density at radius 3 is 1.97 bits per heavy atom. The predicted molar refractivity (Wildman–Crippen MR) is 121 cm³/mol. The van der Waals surface area contributed by atoms with Crippen LogP contribution in [-0.4, -0.2) is 42.1 Å². The first-order valence-corrected chi connectivity index (χ1v) is 11.3. The molecule has 1 aliphatic rings. The predicted octanol–water partition coefficient (Wildman–Crippen LogP) is 4.20. The SMILES string of the molecule is Cc1cc(C(=O)NCCNC(=O)c2ccc(OC3CCC(C(=O)O)CC3)cc2)ccc1C(F)(F)F. The molecule has 188 valence electrons. The maximum Gasteiger partial charge on any atom is 0.416 e. The van der Waals surface area contributed by atoms with E-state index in [1.54, 1.807) is 24.3 Å². The molecule has 0 atom stereocenters. The van der Waals surface area contributed by atoms with Gasteiger partial charge in [0, 0.05) is 24.2 Å². The summed E-state index contributed by atoms with van der Waals surface area (Å²) in [5.74, 6) is -1.37. The summed E-state index contributed by atoms with van der Waals surface area (Å²) in [5, 5.41) is 14.3. The van der Waals surface area contributed by atoms with Gasteiger partial charge in [0.1, 0.15) is 5.75 Å². The number of carbonyl (C=O) groups is 3. The van der Waals surface area contributed by atoms with Crippen molar-refractivity contribution in [2.24, 2.45) is 5.92 Å². The van der Waals surface area contributed by atoms with Crippen molar-refractivity contribution >= 4 is 17.8 Å². The highest BCUT2D eigenvalue weighted by molar-refractivity contribution is 5.95. The Hall–Kier alpha value is -3.56. The van der Waals surface area contributed by atoms with Gasteiger partial charge in [0.25, 0.3) is 11.8 Å². The van der Waals surface area contributed by atoms with E-state index in [1.807, 2.05) is 0 Å². The minimum Gasteiger partial charge on any atom is -0.490 e. The van der Waals surface area contributed by atoms with Gasteiger partial charge in [-0.1, -0.05) is 0 Å². The second-order valence-corrected chi connectivity index (χ2v) is 8.49. The topological polar surface area (TPSA) is 105 Å². The van der Waals surface area contributed by atoms with Crippen molar-refractivity contribution < 1.29 is 37.4 Å². The number of ether oxygens (including phenoxy) is 1. The van der Waals surface area contributed by atoms with Crippen molar-refractivity contribution in [2.75, 3.05) is 13.1 Å². The first-order chi connectivity index (χ1) is 16.5. The van der Waals surface area contributed by atoms with Crippen LogP contribution >= 0.6 is 0 Å². The largest absolute Gasteiger partial charge is 0.490 e. The summed E-state index contributed by atoms with van der Waals surface area (Å²) in [6.45, 7) is 1.53. The molecular formula is C25H27F3N2O5. The van der Waals surface area contributed by atoms with Crippen LogP contribution in [0.15, 0.2) is 42.5 Å². The van der Waals surface area contributed by atoms with Crippen LogP contribution in [0.2, 0.25) is 0 Å². The fourth-order valence-corrected chi connectivity index (χ4v) is 3.98. The molecule has 0 aliphatic heterocycles. The second kappa shape index (κ2) is 11.2. The molecule has 0 saturated heterocycles. The third-order valence-electron chi connectivity index (χ3n) is 5.93. The number of rotatable bonds is 8. The number of carboxylic acids is 1. The van der Waals surface area contributed by atoms with Gasteiger partial charge in [0.15, 0.2) is 0 Å². The lowest BCUT2D eigenvalue weighted by molar-refractivity contribution is -0.143. The van der Waals surface area contributed by atoms with Crippen molar-refractivity contribution in [2.45, 2.75) is 44.9 Å². The van der Waals surface area contributed by atoms with Crippen LogP contribution in [0.25, 0.3) is 0 Å². The van der Waals surface area contributed by atoms with Gasteiger partial charge in [-0.3, -0.25) is 14.4 Å². The van der Waals surface area contributed by atoms with E-state index in [4.69, 9.17) is 9.84 Å². The Labute approximate surface area is 200 Å². The van der Waals surface area contributed by atoms with E-state index in [1.165, 1.54) is 13.0 Å². The van der Waals surface area contributed by atoms with E-state index >= 15 is 0 Å². The first-order valence-electron chi connectivity index (χ1n) is 11.3. The van der Waals surface area contributed by atoms with Crippen LogP contribution in [0.4, 0.5) is 13.2 Å². The van der Waals surface area contributed by atoms with Crippen LogP contribution in [0.1, 0.15) is 57.5 Å². The zero-order valence-corrected chi connectivity index (χ0v) is 19.2. The van der Waals surface area contributed by atoms with Gasteiger partial charge in [-0.05, 0) is 80.6 Å². The van der Waals surface area contributed by atoms with Gasteiger partial charge in [-0.15, -0.1) is 0 Å². The standard InChI is InChI=1S/C25H27F3N2O5/c1-15-14-18(6-11-21(15)25(26,27)28)23(32)30-13-12-29-22(31)16-2-7-19(8-3-16)35-20-9-4-17(5-10-20)24(33)34/h2-3,6-8,11,14,17,20H,4-5,9-10,12-13H2,1H3,(H,29,31)(H,30,32)(H,33,34). The van der Waals surface area contributed by atoms with Crippen molar-refractivity contribution in [3.05, 3.63) is 64.7 Å². The number of halogens is 3. The van der Waals surface area contributed by atoms with Crippen LogP contribution < -0.4 is 15.4 Å². The first kappa shape index (κ1) is 26.1. The number of nitrogens with one attached hydrogen (secondary N) is 2. The minimum atomic E-state index is -4.48. The smallest absolute Gasteiger partial charge is 0.416 e. The van der Waals surface area contributed by atoms with Crippen LogP contribution in [0.3, 0.4) is 0 Å². The molecule has 0 unspecified atom stereocenters.